The van der Waals surface area contributed by atoms with Crippen LogP contribution in [0.4, 0.5) is 17.6 Å². The number of alkyl halides is 4. The van der Waals surface area contributed by atoms with Gasteiger partial charge in [-0.1, -0.05) is 0 Å². The predicted molar refractivity (Wildman–Crippen MR) is 67.5 cm³/mol. The zero-order valence-corrected chi connectivity index (χ0v) is 12.5. The van der Waals surface area contributed by atoms with Gasteiger partial charge in [-0.3, -0.25) is 0 Å². The highest BCUT2D eigenvalue weighted by Crippen LogP contribution is 2.30. The normalized spacial score (nSPS) is 12.8. The summed E-state index contributed by atoms with van der Waals surface area (Å²) in [6.45, 7) is 1.68. The molecule has 0 heterocycles. The Morgan fingerprint density at radius 2 is 1.55 bits per heavy atom. The zero-order valence-electron chi connectivity index (χ0n) is 12.5. The van der Waals surface area contributed by atoms with Crippen molar-refractivity contribution in [3.63, 3.8) is 0 Å². The van der Waals surface area contributed by atoms with Crippen LogP contribution in [0.2, 0.25) is 0 Å². The molecular weight excluding hydrogens is 312 g/mol. The lowest BCUT2D eigenvalue weighted by atomic mass is 10.1. The van der Waals surface area contributed by atoms with Gasteiger partial charge in [0.15, 0.2) is 6.61 Å². The highest BCUT2D eigenvalue weighted by Gasteiger charge is 2.41. The van der Waals surface area contributed by atoms with Gasteiger partial charge in [-0.25, -0.2) is 27.2 Å². The fourth-order valence-corrected chi connectivity index (χ4v) is 1.34. The third-order valence-electron chi connectivity index (χ3n) is 2.02. The first-order valence-electron chi connectivity index (χ1n) is 6.44. The number of esters is 2. The first-order valence-corrected chi connectivity index (χ1v) is 6.44. The molecule has 0 amide bonds. The van der Waals surface area contributed by atoms with Crippen molar-refractivity contribution in [2.75, 3.05) is 19.8 Å². The standard InChI is InChI=1S/C13H18F4O5/c1-4-20-10(18)6-9(11(19)21-5-2)22-8-13(16,17)7-12(3,14)15/h6H,4-5,7-8H2,1-3H3/b9-6+. The summed E-state index contributed by atoms with van der Waals surface area (Å²) in [7, 11) is 0. The minimum absolute atomic E-state index is 0.0103. The fraction of sp³-hybridized carbons (Fsp3) is 0.692. The van der Waals surface area contributed by atoms with Crippen LogP contribution < -0.4 is 0 Å². The van der Waals surface area contributed by atoms with Crippen LogP contribution in [0.25, 0.3) is 0 Å². The van der Waals surface area contributed by atoms with Crippen molar-refractivity contribution in [2.45, 2.75) is 39.0 Å². The van der Waals surface area contributed by atoms with Crippen LogP contribution >= 0.6 is 0 Å². The molecule has 0 aliphatic heterocycles. The van der Waals surface area contributed by atoms with Crippen molar-refractivity contribution in [2.24, 2.45) is 0 Å². The molecular formula is C13H18F4O5. The van der Waals surface area contributed by atoms with E-state index in [1.54, 1.807) is 0 Å². The van der Waals surface area contributed by atoms with E-state index in [0.717, 1.165) is 0 Å². The second-order valence-corrected chi connectivity index (χ2v) is 4.37. The Balaban J connectivity index is 4.92. The van der Waals surface area contributed by atoms with Crippen LogP contribution in [0, 0.1) is 0 Å². The Morgan fingerprint density at radius 3 is 2.00 bits per heavy atom. The van der Waals surface area contributed by atoms with Gasteiger partial charge in [0.25, 0.3) is 11.8 Å². The first kappa shape index (κ1) is 20.2. The molecule has 0 aliphatic rings. The van der Waals surface area contributed by atoms with Gasteiger partial charge in [-0.2, -0.15) is 0 Å². The molecule has 0 N–H and O–H groups in total. The summed E-state index contributed by atoms with van der Waals surface area (Å²) in [5, 5.41) is 0. The second-order valence-electron chi connectivity index (χ2n) is 4.37. The van der Waals surface area contributed by atoms with E-state index >= 15 is 0 Å². The third-order valence-corrected chi connectivity index (χ3v) is 2.02. The monoisotopic (exact) mass is 330 g/mol. The van der Waals surface area contributed by atoms with Gasteiger partial charge in [0.2, 0.25) is 5.76 Å². The van der Waals surface area contributed by atoms with Crippen LogP contribution in [0.3, 0.4) is 0 Å². The van der Waals surface area contributed by atoms with Crippen molar-refractivity contribution in [1.29, 1.82) is 0 Å². The number of rotatable bonds is 9. The van der Waals surface area contributed by atoms with Crippen LogP contribution in [0.1, 0.15) is 27.2 Å². The third kappa shape index (κ3) is 9.19. The summed E-state index contributed by atoms with van der Waals surface area (Å²) in [5.41, 5.74) is 0. The summed E-state index contributed by atoms with van der Waals surface area (Å²) in [6.07, 6.45) is -1.23. The summed E-state index contributed by atoms with van der Waals surface area (Å²) in [5.74, 6) is -10.5. The largest absolute Gasteiger partial charge is 0.480 e. The Kier molecular flexibility index (Phi) is 7.89. The number of hydrogen-bond acceptors (Lipinski definition) is 5. The maximum Gasteiger partial charge on any atom is 0.373 e. The summed E-state index contributed by atoms with van der Waals surface area (Å²) >= 11 is 0. The highest BCUT2D eigenvalue weighted by molar-refractivity contribution is 5.94. The summed E-state index contributed by atoms with van der Waals surface area (Å²) < 4.78 is 65.4. The maximum atomic E-state index is 13.3. The molecule has 9 heteroatoms. The molecule has 0 rings (SSSR count). The average Bonchev–Trinajstić information content (AvgIpc) is 2.32. The van der Waals surface area contributed by atoms with Crippen LogP contribution in [0.5, 0.6) is 0 Å². The molecule has 0 fully saturated rings. The molecule has 0 unspecified atom stereocenters. The Bertz CT molecular complexity index is 415. The molecule has 0 radical (unpaired) electrons. The fourth-order valence-electron chi connectivity index (χ4n) is 1.34. The van der Waals surface area contributed by atoms with Gasteiger partial charge >= 0.3 is 11.9 Å². The van der Waals surface area contributed by atoms with E-state index in [1.807, 2.05) is 0 Å². The van der Waals surface area contributed by atoms with E-state index in [4.69, 9.17) is 0 Å². The van der Waals surface area contributed by atoms with Gasteiger partial charge < -0.3 is 14.2 Å². The molecule has 0 bridgehead atoms. The maximum absolute atomic E-state index is 13.3. The van der Waals surface area contributed by atoms with Crippen molar-refractivity contribution >= 4 is 11.9 Å². The van der Waals surface area contributed by atoms with E-state index in [9.17, 15) is 27.2 Å². The quantitative estimate of drug-likeness (QED) is 0.281. The SMILES string of the molecule is CCOC(=O)/C=C(/OCC(F)(F)CC(C)(F)F)C(=O)OCC. The lowest BCUT2D eigenvalue weighted by Crippen LogP contribution is -2.32. The molecule has 0 atom stereocenters. The highest BCUT2D eigenvalue weighted by atomic mass is 19.3. The minimum Gasteiger partial charge on any atom is -0.480 e. The van der Waals surface area contributed by atoms with Crippen LogP contribution in [-0.4, -0.2) is 43.6 Å². The Labute approximate surface area is 125 Å². The van der Waals surface area contributed by atoms with Crippen molar-refractivity contribution in [3.05, 3.63) is 11.8 Å². The molecule has 22 heavy (non-hydrogen) atoms. The summed E-state index contributed by atoms with van der Waals surface area (Å²) in [6, 6.07) is 0. The molecule has 0 aliphatic carbocycles. The van der Waals surface area contributed by atoms with Gasteiger partial charge in [0, 0.05) is 0 Å². The van der Waals surface area contributed by atoms with Gasteiger partial charge in [0.1, 0.15) is 0 Å². The van der Waals surface area contributed by atoms with Crippen molar-refractivity contribution < 1.29 is 41.4 Å². The number of carbonyl (C=O) groups is 2. The van der Waals surface area contributed by atoms with E-state index in [0.29, 0.717) is 13.0 Å². The topological polar surface area (TPSA) is 61.8 Å². The lowest BCUT2D eigenvalue weighted by Gasteiger charge is -2.21. The van der Waals surface area contributed by atoms with E-state index in [-0.39, 0.29) is 13.2 Å². The molecule has 128 valence electrons. The minimum atomic E-state index is -3.89. The second kappa shape index (κ2) is 8.60. The Hall–Kier alpha value is -1.80. The van der Waals surface area contributed by atoms with Crippen molar-refractivity contribution in [3.8, 4) is 0 Å². The zero-order chi connectivity index (χ0) is 17.4. The van der Waals surface area contributed by atoms with Gasteiger partial charge in [-0.15, -0.1) is 0 Å². The number of halogens is 4. The Morgan fingerprint density at radius 1 is 1.00 bits per heavy atom. The number of ether oxygens (including phenoxy) is 3. The van der Waals surface area contributed by atoms with E-state index < -0.39 is 42.6 Å². The lowest BCUT2D eigenvalue weighted by molar-refractivity contribution is -0.151. The predicted octanol–water partition coefficient (Wildman–Crippen LogP) is 2.69. The molecule has 0 spiro atoms. The number of carbonyl (C=O) groups excluding carboxylic acids is 2. The van der Waals surface area contributed by atoms with Gasteiger partial charge in [-0.05, 0) is 20.8 Å². The van der Waals surface area contributed by atoms with Gasteiger partial charge in [0.05, 0.1) is 25.7 Å². The average molecular weight is 330 g/mol. The molecule has 5 nitrogen and oxygen atoms in total. The first-order chi connectivity index (χ1) is 10.0. The molecule has 0 aromatic rings. The molecule has 0 aromatic carbocycles. The molecule has 0 saturated heterocycles. The van der Waals surface area contributed by atoms with Crippen molar-refractivity contribution in [1.82, 2.24) is 0 Å². The summed E-state index contributed by atoms with van der Waals surface area (Å²) in [4.78, 5) is 22.7. The smallest absolute Gasteiger partial charge is 0.373 e. The molecule has 0 aromatic heterocycles. The van der Waals surface area contributed by atoms with E-state index in [2.05, 4.69) is 14.2 Å². The number of hydrogen-bond donors (Lipinski definition) is 0. The van der Waals surface area contributed by atoms with E-state index in [1.165, 1.54) is 13.8 Å². The molecule has 0 saturated carbocycles. The van der Waals surface area contributed by atoms with Crippen LogP contribution in [0.15, 0.2) is 11.8 Å². The van der Waals surface area contributed by atoms with Crippen LogP contribution in [-0.2, 0) is 23.8 Å².